The molecule has 2 heterocycles. The molecule has 10 nitrogen and oxygen atoms in total. The Morgan fingerprint density at radius 2 is 2.11 bits per heavy atom. The highest BCUT2D eigenvalue weighted by Crippen LogP contribution is 2.73. The highest BCUT2D eigenvalue weighted by atomic mass is 35.5. The third kappa shape index (κ3) is 4.44. The van der Waals surface area contributed by atoms with Crippen LogP contribution in [0, 0.1) is 11.2 Å². The van der Waals surface area contributed by atoms with Gasteiger partial charge in [0.2, 0.25) is 10.0 Å². The lowest BCUT2D eigenvalue weighted by molar-refractivity contribution is -0.177. The summed E-state index contributed by atoms with van der Waals surface area (Å²) in [6.07, 6.45) is 2.60. The van der Waals surface area contributed by atoms with E-state index in [9.17, 15) is 27.8 Å². The first-order chi connectivity index (χ1) is 17.9. The topological polar surface area (TPSA) is 141 Å². The molecule has 3 aliphatic carbocycles. The van der Waals surface area contributed by atoms with Gasteiger partial charge >= 0.3 is 5.97 Å². The van der Waals surface area contributed by atoms with Crippen LogP contribution in [0.5, 0.6) is 0 Å². The Morgan fingerprint density at radius 1 is 1.39 bits per heavy atom. The zero-order chi connectivity index (χ0) is 27.5. The minimum absolute atomic E-state index is 0.0928. The largest absolute Gasteiger partial charge is 0.466 e. The Balaban J connectivity index is 1.58. The first-order valence-corrected chi connectivity index (χ1v) is 14.8. The van der Waals surface area contributed by atoms with Crippen LogP contribution in [0.3, 0.4) is 0 Å². The maximum Gasteiger partial charge on any atom is 0.338 e. The molecule has 2 atom stereocenters. The van der Waals surface area contributed by atoms with Gasteiger partial charge in [-0.3, -0.25) is 4.99 Å². The number of nitrogens with zero attached hydrogens (tertiary/aromatic N) is 3. The molecule has 38 heavy (non-hydrogen) atoms. The van der Waals surface area contributed by atoms with E-state index in [2.05, 4.69) is 10.3 Å². The third-order valence-corrected chi connectivity index (χ3v) is 9.84. The number of benzene rings is 1. The van der Waals surface area contributed by atoms with Crippen LogP contribution in [0.15, 0.2) is 46.0 Å². The molecule has 0 spiro atoms. The molecule has 3 fully saturated rings. The van der Waals surface area contributed by atoms with Crippen molar-refractivity contribution >= 4 is 44.8 Å². The highest BCUT2D eigenvalue weighted by Gasteiger charge is 2.74. The molecule has 204 valence electrons. The zero-order valence-electron chi connectivity index (χ0n) is 20.5. The Labute approximate surface area is 227 Å². The van der Waals surface area contributed by atoms with Crippen LogP contribution in [0.25, 0.3) is 0 Å². The summed E-state index contributed by atoms with van der Waals surface area (Å²) in [5.74, 6) is -0.773. The van der Waals surface area contributed by atoms with Crippen LogP contribution in [0.2, 0.25) is 5.02 Å². The summed E-state index contributed by atoms with van der Waals surface area (Å²) < 4.78 is 45.5. The lowest BCUT2D eigenvalue weighted by atomic mass is 9.37. The van der Waals surface area contributed by atoms with Crippen molar-refractivity contribution in [3.8, 4) is 0 Å². The van der Waals surface area contributed by atoms with Crippen molar-refractivity contribution in [1.29, 1.82) is 0 Å². The summed E-state index contributed by atoms with van der Waals surface area (Å²) >= 11 is 7.75. The molecule has 0 amide bonds. The minimum atomic E-state index is -3.70. The van der Waals surface area contributed by atoms with Crippen molar-refractivity contribution in [3.05, 3.63) is 62.5 Å². The van der Waals surface area contributed by atoms with E-state index < -0.39 is 51.5 Å². The van der Waals surface area contributed by atoms with Gasteiger partial charge < -0.3 is 20.3 Å². The summed E-state index contributed by atoms with van der Waals surface area (Å²) in [6.45, 7) is -0.804. The van der Waals surface area contributed by atoms with Crippen molar-refractivity contribution in [2.45, 2.75) is 36.9 Å². The van der Waals surface area contributed by atoms with Crippen molar-refractivity contribution in [3.63, 3.8) is 0 Å². The quantitative estimate of drug-likeness (QED) is 0.380. The van der Waals surface area contributed by atoms with Crippen LogP contribution in [0.4, 0.5) is 4.39 Å². The predicted molar refractivity (Wildman–Crippen MR) is 139 cm³/mol. The number of aromatic nitrogens is 1. The Morgan fingerprint density at radius 3 is 2.66 bits per heavy atom. The van der Waals surface area contributed by atoms with Crippen LogP contribution >= 0.6 is 22.9 Å². The van der Waals surface area contributed by atoms with E-state index in [0.29, 0.717) is 41.4 Å². The van der Waals surface area contributed by atoms with Crippen LogP contribution in [-0.4, -0.2) is 77.9 Å². The molecule has 1 aromatic carbocycles. The van der Waals surface area contributed by atoms with Gasteiger partial charge in [0.25, 0.3) is 0 Å². The number of β-amino-alcohol motifs (C(OH)–C–C–N with tert-alkyl or cyclic N) is 1. The van der Waals surface area contributed by atoms with E-state index in [1.54, 1.807) is 11.6 Å². The van der Waals surface area contributed by atoms with Gasteiger partial charge in [0.05, 0.1) is 31.6 Å². The van der Waals surface area contributed by atoms with Crippen LogP contribution in [0.1, 0.15) is 35.9 Å². The number of nitrogens with one attached hydrogen (secondary N) is 1. The number of halogens is 2. The van der Waals surface area contributed by atoms with Crippen molar-refractivity contribution in [1.82, 2.24) is 14.6 Å². The number of sulfonamides is 1. The van der Waals surface area contributed by atoms with Gasteiger partial charge in [-0.2, -0.15) is 4.31 Å². The number of allylic oxidation sites excluding steroid dienone is 1. The molecule has 2 bridgehead atoms. The lowest BCUT2D eigenvalue weighted by Gasteiger charge is -2.74. The van der Waals surface area contributed by atoms with Gasteiger partial charge in [0.1, 0.15) is 11.9 Å². The van der Waals surface area contributed by atoms with Gasteiger partial charge in [-0.25, -0.2) is 22.6 Å². The molecule has 3 N–H and O–H groups in total. The Bertz CT molecular complexity index is 1430. The fourth-order valence-corrected chi connectivity index (χ4v) is 8.08. The molecule has 2 aromatic rings. The standard InChI is InChI=1S/C24H26ClFN4O6S2/c1-36-22(33)17-18(15-4-3-13(26)7-16(15)25)28-20(21-27-5-6-37-21)29-19(17)23-10-24(11-23,12-23)30(38(2,34)35)8-14(32)9-31/h3-7,14,18,31-32H,8-12H2,1-2H3,(H,28,29). The summed E-state index contributed by atoms with van der Waals surface area (Å²) in [4.78, 5) is 22.3. The van der Waals surface area contributed by atoms with Crippen molar-refractivity contribution < 1.29 is 32.6 Å². The van der Waals surface area contributed by atoms with E-state index >= 15 is 0 Å². The maximum absolute atomic E-state index is 13.9. The maximum atomic E-state index is 13.9. The molecule has 3 saturated carbocycles. The highest BCUT2D eigenvalue weighted by molar-refractivity contribution is 7.88. The van der Waals surface area contributed by atoms with Gasteiger partial charge in [-0.05, 0) is 31.4 Å². The Kier molecular flexibility index (Phi) is 6.89. The number of methoxy groups -OCH3 is 1. The number of hydrogen-bond acceptors (Lipinski definition) is 10. The number of rotatable bonds is 9. The van der Waals surface area contributed by atoms with E-state index in [1.807, 2.05) is 0 Å². The second-order valence-electron chi connectivity index (χ2n) is 9.95. The molecule has 14 heteroatoms. The Hall–Kier alpha value is -2.42. The van der Waals surface area contributed by atoms with E-state index in [1.165, 1.54) is 34.9 Å². The number of aliphatic hydroxyl groups excluding tert-OH is 2. The second kappa shape index (κ2) is 9.65. The number of hydrogen-bond donors (Lipinski definition) is 3. The summed E-state index contributed by atoms with van der Waals surface area (Å²) in [5, 5.41) is 25.0. The molecule has 0 saturated heterocycles. The van der Waals surface area contributed by atoms with Crippen LogP contribution in [-0.2, 0) is 19.6 Å². The number of esters is 1. The molecule has 2 unspecified atom stereocenters. The fourth-order valence-electron chi connectivity index (χ4n) is 5.88. The van der Waals surface area contributed by atoms with E-state index in [4.69, 9.17) is 21.3 Å². The molecule has 6 rings (SSSR count). The molecule has 1 aliphatic heterocycles. The number of carbonyl (C=O) groups excluding carboxylic acids is 1. The monoisotopic (exact) mass is 584 g/mol. The summed E-state index contributed by atoms with van der Waals surface area (Å²) in [6, 6.07) is 2.95. The second-order valence-corrected chi connectivity index (χ2v) is 13.2. The molecule has 4 aliphatic rings. The average Bonchev–Trinajstić information content (AvgIpc) is 3.35. The zero-order valence-corrected chi connectivity index (χ0v) is 22.9. The van der Waals surface area contributed by atoms with Crippen molar-refractivity contribution in [2.75, 3.05) is 26.5 Å². The van der Waals surface area contributed by atoms with Gasteiger partial charge in [0, 0.05) is 45.4 Å². The SMILES string of the molecule is COC(=O)C1=C(C23CC(N(CC(O)CO)S(C)(=O)=O)(C2)C3)NC(c2nccs2)=NC1c1ccc(F)cc1Cl. The van der Waals surface area contributed by atoms with Crippen molar-refractivity contribution in [2.24, 2.45) is 10.4 Å². The van der Waals surface area contributed by atoms with Gasteiger partial charge in [-0.15, -0.1) is 11.3 Å². The number of thiazole rings is 1. The summed E-state index contributed by atoms with van der Waals surface area (Å²) in [7, 11) is -2.45. The molecule has 0 radical (unpaired) electrons. The van der Waals surface area contributed by atoms with Gasteiger partial charge in [-0.1, -0.05) is 17.7 Å². The minimum Gasteiger partial charge on any atom is -0.466 e. The van der Waals surface area contributed by atoms with E-state index in [-0.39, 0.29) is 17.1 Å². The molecule has 1 aromatic heterocycles. The normalized spacial score (nSPS) is 27.2. The van der Waals surface area contributed by atoms with Crippen LogP contribution < -0.4 is 5.32 Å². The lowest BCUT2D eigenvalue weighted by Crippen LogP contribution is -2.77. The number of ether oxygens (including phenoxy) is 1. The first kappa shape index (κ1) is 27.2. The number of aliphatic hydroxyl groups is 2. The first-order valence-electron chi connectivity index (χ1n) is 11.7. The average molecular weight is 585 g/mol. The van der Waals surface area contributed by atoms with Gasteiger partial charge in [0.15, 0.2) is 10.8 Å². The molecular formula is C24H26ClFN4O6S2. The van der Waals surface area contributed by atoms with E-state index in [0.717, 1.165) is 12.3 Å². The third-order valence-electron chi connectivity index (χ3n) is 7.39. The smallest absolute Gasteiger partial charge is 0.338 e. The number of amidine groups is 1. The fraction of sp³-hybridized carbons (Fsp3) is 0.458. The summed E-state index contributed by atoms with van der Waals surface area (Å²) in [5.41, 5.74) is -0.200. The number of carbonyl (C=O) groups is 1. The molecular weight excluding hydrogens is 559 g/mol. The number of aliphatic imine (C=N–C) groups is 1. The predicted octanol–water partition coefficient (Wildman–Crippen LogP) is 1.99.